The van der Waals surface area contributed by atoms with Gasteiger partial charge in [0.15, 0.2) is 5.43 Å². The second kappa shape index (κ2) is 2.90. The molecule has 3 heteroatoms. The Morgan fingerprint density at radius 2 is 2.08 bits per heavy atom. The lowest BCUT2D eigenvalue weighted by molar-refractivity contribution is 0.602. The molecule has 0 fully saturated rings. The molecule has 0 N–H and O–H groups in total. The molecular weight excluding hydrogens is 267 g/mol. The zero-order valence-corrected chi connectivity index (χ0v) is 8.24. The first-order valence-electron chi connectivity index (χ1n) is 3.44. The molecule has 0 unspecified atom stereocenters. The number of fused-ring (bicyclic) bond motifs is 1. The van der Waals surface area contributed by atoms with Crippen LogP contribution in [0.15, 0.2) is 39.7 Å². The summed E-state index contributed by atoms with van der Waals surface area (Å²) < 4.78 is 6.18. The summed E-state index contributed by atoms with van der Waals surface area (Å²) in [4.78, 5) is 11.3. The fourth-order valence-electron chi connectivity index (χ4n) is 1.06. The molecule has 2 nitrogen and oxygen atoms in total. The van der Waals surface area contributed by atoms with E-state index in [1.54, 1.807) is 6.07 Å². The predicted octanol–water partition coefficient (Wildman–Crippen LogP) is 2.40. The first kappa shape index (κ1) is 7.79. The van der Waals surface area contributed by atoms with Crippen molar-refractivity contribution >= 4 is 33.6 Å². The van der Waals surface area contributed by atoms with E-state index in [1.807, 2.05) is 12.1 Å². The van der Waals surface area contributed by atoms with Crippen LogP contribution in [0.5, 0.6) is 0 Å². The standard InChI is InChI=1S/C9H5IO2/c10-6-1-2-9-7(5-6)8(11)3-4-12-9/h1-5H. The van der Waals surface area contributed by atoms with Crippen LogP contribution in [0.3, 0.4) is 0 Å². The first-order valence-corrected chi connectivity index (χ1v) is 4.52. The molecule has 0 saturated heterocycles. The van der Waals surface area contributed by atoms with Gasteiger partial charge in [-0.25, -0.2) is 0 Å². The average Bonchev–Trinajstić information content (AvgIpc) is 2.07. The van der Waals surface area contributed by atoms with Crippen molar-refractivity contribution in [2.45, 2.75) is 0 Å². The molecule has 12 heavy (non-hydrogen) atoms. The van der Waals surface area contributed by atoms with Gasteiger partial charge in [0.2, 0.25) is 0 Å². The lowest BCUT2D eigenvalue weighted by Crippen LogP contribution is -1.97. The Morgan fingerprint density at radius 1 is 1.25 bits per heavy atom. The highest BCUT2D eigenvalue weighted by Crippen LogP contribution is 2.13. The molecule has 1 aromatic heterocycles. The molecule has 1 aromatic carbocycles. The highest BCUT2D eigenvalue weighted by Gasteiger charge is 1.98. The average molecular weight is 272 g/mol. The van der Waals surface area contributed by atoms with E-state index < -0.39 is 0 Å². The van der Waals surface area contributed by atoms with Gasteiger partial charge in [0.05, 0.1) is 11.6 Å². The van der Waals surface area contributed by atoms with E-state index in [0.717, 1.165) is 3.57 Å². The Labute approximate surface area is 82.3 Å². The van der Waals surface area contributed by atoms with Gasteiger partial charge < -0.3 is 4.42 Å². The van der Waals surface area contributed by atoms with Gasteiger partial charge in [-0.1, -0.05) is 0 Å². The van der Waals surface area contributed by atoms with Crippen LogP contribution in [0, 0.1) is 3.57 Å². The van der Waals surface area contributed by atoms with Gasteiger partial charge in [-0.2, -0.15) is 0 Å². The van der Waals surface area contributed by atoms with E-state index in [4.69, 9.17) is 4.42 Å². The molecule has 2 rings (SSSR count). The molecular formula is C9H5IO2. The molecule has 2 aromatic rings. The summed E-state index contributed by atoms with van der Waals surface area (Å²) in [6.45, 7) is 0. The van der Waals surface area contributed by atoms with Gasteiger partial charge in [0, 0.05) is 9.64 Å². The maximum absolute atomic E-state index is 11.3. The molecule has 0 bridgehead atoms. The maximum Gasteiger partial charge on any atom is 0.192 e. The van der Waals surface area contributed by atoms with Crippen molar-refractivity contribution in [3.63, 3.8) is 0 Å². The largest absolute Gasteiger partial charge is 0.464 e. The van der Waals surface area contributed by atoms with Crippen molar-refractivity contribution in [3.05, 3.63) is 44.3 Å². The van der Waals surface area contributed by atoms with Gasteiger partial charge >= 0.3 is 0 Å². The van der Waals surface area contributed by atoms with Crippen molar-refractivity contribution in [2.75, 3.05) is 0 Å². The molecule has 0 aliphatic heterocycles. The fourth-order valence-corrected chi connectivity index (χ4v) is 1.55. The van der Waals surface area contributed by atoms with Crippen molar-refractivity contribution < 1.29 is 4.42 Å². The summed E-state index contributed by atoms with van der Waals surface area (Å²) in [6.07, 6.45) is 1.41. The number of rotatable bonds is 0. The van der Waals surface area contributed by atoms with E-state index >= 15 is 0 Å². The summed E-state index contributed by atoms with van der Waals surface area (Å²) in [5, 5.41) is 0.643. The minimum Gasteiger partial charge on any atom is -0.464 e. The van der Waals surface area contributed by atoms with Gasteiger partial charge in [-0.15, -0.1) is 0 Å². The second-order valence-corrected chi connectivity index (χ2v) is 3.67. The van der Waals surface area contributed by atoms with E-state index in [-0.39, 0.29) is 5.43 Å². The summed E-state index contributed by atoms with van der Waals surface area (Å²) in [5.74, 6) is 0. The lowest BCUT2D eigenvalue weighted by atomic mass is 10.2. The van der Waals surface area contributed by atoms with Crippen LogP contribution in [0.2, 0.25) is 0 Å². The van der Waals surface area contributed by atoms with Crippen LogP contribution < -0.4 is 5.43 Å². The Morgan fingerprint density at radius 3 is 2.92 bits per heavy atom. The van der Waals surface area contributed by atoms with Crippen LogP contribution in [0.1, 0.15) is 0 Å². The number of halogens is 1. The monoisotopic (exact) mass is 272 g/mol. The lowest BCUT2D eigenvalue weighted by Gasteiger charge is -1.94. The zero-order chi connectivity index (χ0) is 8.55. The molecule has 0 atom stereocenters. The Kier molecular flexibility index (Phi) is 1.88. The maximum atomic E-state index is 11.3. The van der Waals surface area contributed by atoms with Crippen molar-refractivity contribution in [1.29, 1.82) is 0 Å². The van der Waals surface area contributed by atoms with Gasteiger partial charge in [-0.3, -0.25) is 4.79 Å². The topological polar surface area (TPSA) is 30.2 Å². The van der Waals surface area contributed by atoms with Crippen molar-refractivity contribution in [3.8, 4) is 0 Å². The molecule has 60 valence electrons. The normalized spacial score (nSPS) is 10.4. The summed E-state index contributed by atoms with van der Waals surface area (Å²) in [5.41, 5.74) is 0.651. The van der Waals surface area contributed by atoms with Crippen LogP contribution in [-0.4, -0.2) is 0 Å². The van der Waals surface area contributed by atoms with Crippen molar-refractivity contribution in [2.24, 2.45) is 0 Å². The molecule has 0 amide bonds. The first-order chi connectivity index (χ1) is 5.77. The molecule has 0 aliphatic rings. The number of hydrogen-bond acceptors (Lipinski definition) is 2. The van der Waals surface area contributed by atoms with Crippen LogP contribution in [0.25, 0.3) is 11.0 Å². The predicted molar refractivity (Wildman–Crippen MR) is 55.2 cm³/mol. The van der Waals surface area contributed by atoms with Gasteiger partial charge in [-0.05, 0) is 40.8 Å². The summed E-state index contributed by atoms with van der Waals surface area (Å²) >= 11 is 2.16. The smallest absolute Gasteiger partial charge is 0.192 e. The Hall–Kier alpha value is -0.840. The highest BCUT2D eigenvalue weighted by molar-refractivity contribution is 14.1. The third kappa shape index (κ3) is 1.24. The molecule has 0 radical (unpaired) electrons. The second-order valence-electron chi connectivity index (χ2n) is 2.43. The zero-order valence-electron chi connectivity index (χ0n) is 6.08. The summed E-state index contributed by atoms with van der Waals surface area (Å²) in [6, 6.07) is 6.96. The van der Waals surface area contributed by atoms with E-state index in [2.05, 4.69) is 22.6 Å². The SMILES string of the molecule is O=c1ccoc2ccc(I)cc12. The third-order valence-electron chi connectivity index (χ3n) is 1.62. The fraction of sp³-hybridized carbons (Fsp3) is 0. The quantitative estimate of drug-likeness (QED) is 0.689. The number of benzene rings is 1. The van der Waals surface area contributed by atoms with Crippen LogP contribution >= 0.6 is 22.6 Å². The Bertz CT molecular complexity index is 473. The highest BCUT2D eigenvalue weighted by atomic mass is 127. The Balaban J connectivity index is 2.98. The molecule has 1 heterocycles. The van der Waals surface area contributed by atoms with Gasteiger partial charge in [0.1, 0.15) is 5.58 Å². The van der Waals surface area contributed by atoms with Gasteiger partial charge in [0.25, 0.3) is 0 Å². The van der Waals surface area contributed by atoms with Crippen molar-refractivity contribution in [1.82, 2.24) is 0 Å². The molecule has 0 saturated carbocycles. The molecule has 0 spiro atoms. The third-order valence-corrected chi connectivity index (χ3v) is 2.29. The van der Waals surface area contributed by atoms with Crippen LogP contribution in [-0.2, 0) is 0 Å². The summed E-state index contributed by atoms with van der Waals surface area (Å²) in [7, 11) is 0. The number of hydrogen-bond donors (Lipinski definition) is 0. The minimum absolute atomic E-state index is 0.00904. The van der Waals surface area contributed by atoms with E-state index in [1.165, 1.54) is 12.3 Å². The molecule has 0 aliphatic carbocycles. The van der Waals surface area contributed by atoms with E-state index in [0.29, 0.717) is 11.0 Å². The minimum atomic E-state index is 0.00904. The van der Waals surface area contributed by atoms with E-state index in [9.17, 15) is 4.79 Å². The van der Waals surface area contributed by atoms with Crippen LogP contribution in [0.4, 0.5) is 0 Å².